The molecule has 2 amide bonds. The number of hydrogen-bond acceptors (Lipinski definition) is 35. The summed E-state index contributed by atoms with van der Waals surface area (Å²) in [4.78, 5) is 25.0. The molecule has 37 heteroatoms. The summed E-state index contributed by atoms with van der Waals surface area (Å²) in [7, 11) is 0. The number of aliphatic hydroxyl groups is 21. The molecule has 6 fully saturated rings. The Morgan fingerprint density at radius 1 is 0.434 bits per heavy atom. The summed E-state index contributed by atoms with van der Waals surface area (Å²) in [6, 6.07) is -3.53. The molecule has 6 saturated heterocycles. The Hall–Kier alpha value is -2.38. The molecule has 0 aromatic heterocycles. The van der Waals surface area contributed by atoms with Gasteiger partial charge in [0.2, 0.25) is 11.8 Å². The van der Waals surface area contributed by atoms with E-state index in [2.05, 4.69) is 10.6 Å². The molecule has 0 bridgehead atoms. The highest BCUT2D eigenvalue weighted by Gasteiger charge is 2.58. The van der Waals surface area contributed by atoms with Gasteiger partial charge in [0.15, 0.2) is 37.7 Å². The molecule has 0 aromatic rings. The van der Waals surface area contributed by atoms with Crippen molar-refractivity contribution in [3.63, 3.8) is 0 Å². The predicted octanol–water partition coefficient (Wildman–Crippen LogP) is -15.3. The molecule has 0 radical (unpaired) electrons. The minimum absolute atomic E-state index is 0.808. The predicted molar refractivity (Wildman–Crippen MR) is 256 cm³/mol. The second kappa shape index (κ2) is 30.7. The Morgan fingerprint density at radius 3 is 1.36 bits per heavy atom. The van der Waals surface area contributed by atoms with Crippen LogP contribution in [0.4, 0.5) is 0 Å². The van der Waals surface area contributed by atoms with Gasteiger partial charge >= 0.3 is 0 Å². The van der Waals surface area contributed by atoms with Crippen LogP contribution < -0.4 is 10.6 Å². The van der Waals surface area contributed by atoms with Gasteiger partial charge in [-0.3, -0.25) is 9.59 Å². The Labute approximate surface area is 471 Å². The normalized spacial score (nSPS) is 46.8. The van der Waals surface area contributed by atoms with Gasteiger partial charge in [-0.15, -0.1) is 0 Å². The van der Waals surface area contributed by atoms with Gasteiger partial charge in [-0.25, -0.2) is 0 Å². The van der Waals surface area contributed by atoms with Crippen LogP contribution in [-0.2, 0) is 66.4 Å². The van der Waals surface area contributed by atoms with Crippen LogP contribution in [0, 0.1) is 0 Å². The Bertz CT molecular complexity index is 1990. The monoisotopic (exact) mass is 1220 g/mol. The van der Waals surface area contributed by atoms with Gasteiger partial charge in [0.05, 0.1) is 58.4 Å². The van der Waals surface area contributed by atoms with E-state index >= 15 is 0 Å². The van der Waals surface area contributed by atoms with E-state index in [-0.39, 0.29) is 0 Å². The lowest BCUT2D eigenvalue weighted by molar-refractivity contribution is -0.395. The highest BCUT2D eigenvalue weighted by molar-refractivity contribution is 5.73. The van der Waals surface area contributed by atoms with Gasteiger partial charge in [0, 0.05) is 13.8 Å². The quantitative estimate of drug-likeness (QED) is 0.0427. The number of hydrogen-bond donors (Lipinski definition) is 23. The van der Waals surface area contributed by atoms with Crippen molar-refractivity contribution in [3.8, 4) is 0 Å². The minimum Gasteiger partial charge on any atom is -0.394 e. The van der Waals surface area contributed by atoms with Gasteiger partial charge in [0.25, 0.3) is 0 Å². The first-order chi connectivity index (χ1) is 39.2. The van der Waals surface area contributed by atoms with Crippen LogP contribution in [0.5, 0.6) is 0 Å². The van der Waals surface area contributed by atoms with E-state index in [1.54, 1.807) is 0 Å². The van der Waals surface area contributed by atoms with Gasteiger partial charge in [0.1, 0.15) is 159 Å². The standard InChI is InChI=1S/C46H80N2O35/c1-11-22(58)27(63)32(68)43(73-11)83-40-35(71)38(19(9-54)77-46(40)79-36(23(59)15(57)5-50)14(4-49)47-12(2)55)80-41-21(48-13(3)56)26(62)37(18(8-53)76-41)81-45-34(70)30(66)39(82-44-33(69)29(65)25(61)17(7-52)75-44)20(78-45)10-72-42-31(67)28(64)24(60)16(6-51)74-42/h11,14-46,49-54,57-71H,4-10H2,1-3H3,(H,47,55)(H,48,56)/t11-,14-,15+,16+,17+,18+,19+,20+,21+,22+,23-,24+,25+,26+,27+,28-,29-,30+,31-,32-,33-,34+,35-,36+,37+,38-,39+,40+,41-,42-,43-,44+,45-,46-/m0/s1. The number of aliphatic hydroxyl groups excluding tert-OH is 21. The minimum atomic E-state index is -2.31. The molecule has 0 aromatic carbocycles. The maximum absolute atomic E-state index is 12.9. The SMILES string of the molecule is CC(=O)N[C@H]1[C@H](O[C@@H]2[C@H](O)[C@@H](O[C@@H]3O[C@@H](C)[C@@H](O)[C@@H](O)[C@@H]3O)[C@H](O[C@@H]([C@@H](O)[C@H](O)CO)[C@H](CO)NC(C)=O)O[C@@H]2CO)O[C@H](CO)[C@@H](O[C@@H]2O[C@H](CO[C@H]3O[C@H](CO)[C@@H](O)[C@H](O)[C@@H]3O)[C@@H](O[C@H]3O[C@H](CO)[C@@H](O)[C@H](O)[C@@H]3O)[C@H](O)[C@H]2O)[C@@H]1O. The van der Waals surface area contributed by atoms with Crippen molar-refractivity contribution in [2.24, 2.45) is 0 Å². The molecule has 0 saturated carbocycles. The van der Waals surface area contributed by atoms with E-state index in [0.29, 0.717) is 0 Å². The summed E-state index contributed by atoms with van der Waals surface area (Å²) in [5, 5.41) is 230. The number of carbonyl (C=O) groups excluding carboxylic acids is 2. The average Bonchev–Trinajstić information content (AvgIpc) is 3.55. The van der Waals surface area contributed by atoms with Crippen molar-refractivity contribution in [2.75, 3.05) is 46.2 Å². The smallest absolute Gasteiger partial charge is 0.217 e. The molecular weight excluding hydrogens is 1140 g/mol. The van der Waals surface area contributed by atoms with Crippen molar-refractivity contribution >= 4 is 11.8 Å². The lowest BCUT2D eigenvalue weighted by Gasteiger charge is -2.51. The fraction of sp³-hybridized carbons (Fsp3) is 0.957. The van der Waals surface area contributed by atoms with Crippen molar-refractivity contribution in [1.82, 2.24) is 10.6 Å². The van der Waals surface area contributed by atoms with Crippen molar-refractivity contribution < 1.29 is 174 Å². The molecule has 6 heterocycles. The summed E-state index contributed by atoms with van der Waals surface area (Å²) in [6.45, 7) is -3.94. The molecule has 83 heavy (non-hydrogen) atoms. The molecule has 0 spiro atoms. The van der Waals surface area contributed by atoms with Crippen molar-refractivity contribution in [3.05, 3.63) is 0 Å². The second-order valence-corrected chi connectivity index (χ2v) is 20.8. The fourth-order valence-corrected chi connectivity index (χ4v) is 10.2. The summed E-state index contributed by atoms with van der Waals surface area (Å²) in [5.74, 6) is -1.73. The molecule has 6 aliphatic rings. The molecular formula is C46H80N2O35. The summed E-state index contributed by atoms with van der Waals surface area (Å²) in [5.41, 5.74) is 0. The summed E-state index contributed by atoms with van der Waals surface area (Å²) in [6.07, 6.45) is -63.2. The summed E-state index contributed by atoms with van der Waals surface area (Å²) < 4.78 is 69.7. The van der Waals surface area contributed by atoms with Crippen LogP contribution in [0.25, 0.3) is 0 Å². The van der Waals surface area contributed by atoms with E-state index < -0.39 is 267 Å². The zero-order valence-corrected chi connectivity index (χ0v) is 44.7. The largest absolute Gasteiger partial charge is 0.394 e. The zero-order chi connectivity index (χ0) is 61.6. The maximum atomic E-state index is 12.9. The van der Waals surface area contributed by atoms with Crippen molar-refractivity contribution in [2.45, 2.75) is 229 Å². The van der Waals surface area contributed by atoms with Gasteiger partial charge < -0.3 is 175 Å². The van der Waals surface area contributed by atoms with Gasteiger partial charge in [-0.2, -0.15) is 0 Å². The van der Waals surface area contributed by atoms with Crippen LogP contribution in [0.15, 0.2) is 0 Å². The lowest BCUT2D eigenvalue weighted by atomic mass is 9.94. The lowest BCUT2D eigenvalue weighted by Crippen LogP contribution is -2.70. The van der Waals surface area contributed by atoms with E-state index in [1.165, 1.54) is 6.92 Å². The second-order valence-electron chi connectivity index (χ2n) is 20.8. The van der Waals surface area contributed by atoms with E-state index in [9.17, 15) is 117 Å². The molecule has 484 valence electrons. The van der Waals surface area contributed by atoms with Gasteiger partial charge in [-0.05, 0) is 6.92 Å². The summed E-state index contributed by atoms with van der Waals surface area (Å²) >= 11 is 0. The van der Waals surface area contributed by atoms with E-state index in [4.69, 9.17) is 56.8 Å². The topological polar surface area (TPSA) is 594 Å². The number of nitrogens with one attached hydrogen (secondary N) is 2. The third-order valence-electron chi connectivity index (χ3n) is 14.9. The number of amides is 2. The molecule has 6 rings (SSSR count). The number of rotatable bonds is 24. The highest BCUT2D eigenvalue weighted by atomic mass is 16.8. The van der Waals surface area contributed by atoms with Crippen LogP contribution in [0.3, 0.4) is 0 Å². The van der Waals surface area contributed by atoms with Crippen molar-refractivity contribution in [1.29, 1.82) is 0 Å². The Kier molecular flexibility index (Phi) is 25.8. The van der Waals surface area contributed by atoms with E-state index in [0.717, 1.165) is 13.8 Å². The molecule has 37 nitrogen and oxygen atoms in total. The van der Waals surface area contributed by atoms with Crippen LogP contribution >= 0.6 is 0 Å². The first-order valence-electron chi connectivity index (χ1n) is 26.4. The molecule has 6 aliphatic heterocycles. The first kappa shape index (κ1) is 69.7. The van der Waals surface area contributed by atoms with Gasteiger partial charge in [-0.1, -0.05) is 0 Å². The Morgan fingerprint density at radius 2 is 0.855 bits per heavy atom. The third-order valence-corrected chi connectivity index (χ3v) is 14.9. The van der Waals surface area contributed by atoms with Crippen LogP contribution in [0.2, 0.25) is 0 Å². The fourth-order valence-electron chi connectivity index (χ4n) is 10.2. The number of ether oxygens (including phenoxy) is 12. The molecule has 0 aliphatic carbocycles. The molecule has 34 atom stereocenters. The third kappa shape index (κ3) is 15.7. The van der Waals surface area contributed by atoms with E-state index in [1.807, 2.05) is 0 Å². The molecule has 23 N–H and O–H groups in total. The Balaban J connectivity index is 1.29. The maximum Gasteiger partial charge on any atom is 0.217 e. The number of carbonyl (C=O) groups is 2. The van der Waals surface area contributed by atoms with Crippen LogP contribution in [0.1, 0.15) is 20.8 Å². The highest BCUT2D eigenvalue weighted by Crippen LogP contribution is 2.37. The van der Waals surface area contributed by atoms with Crippen LogP contribution in [-0.4, -0.2) is 374 Å². The zero-order valence-electron chi connectivity index (χ0n) is 44.7. The average molecular weight is 1220 g/mol. The first-order valence-corrected chi connectivity index (χ1v) is 26.4. The molecule has 0 unspecified atom stereocenters.